The molecule has 0 radical (unpaired) electrons. The molecule has 1 atom stereocenters. The van der Waals surface area contributed by atoms with Gasteiger partial charge in [-0.15, -0.1) is 0 Å². The predicted octanol–water partition coefficient (Wildman–Crippen LogP) is 2.09. The highest BCUT2D eigenvalue weighted by Gasteiger charge is 2.30. The van der Waals surface area contributed by atoms with E-state index >= 15 is 0 Å². The van der Waals surface area contributed by atoms with E-state index in [4.69, 9.17) is 9.52 Å². The van der Waals surface area contributed by atoms with Gasteiger partial charge < -0.3 is 9.52 Å². The lowest BCUT2D eigenvalue weighted by Gasteiger charge is -2.19. The van der Waals surface area contributed by atoms with Gasteiger partial charge in [0, 0.05) is 0 Å². The number of carbonyl (C=O) groups is 1. The van der Waals surface area contributed by atoms with Crippen LogP contribution in [0.3, 0.4) is 0 Å². The van der Waals surface area contributed by atoms with Gasteiger partial charge in [0.25, 0.3) is 0 Å². The number of rotatable bonds is 3. The van der Waals surface area contributed by atoms with E-state index in [1.165, 1.54) is 0 Å². The fourth-order valence-corrected chi connectivity index (χ4v) is 2.27. The average Bonchev–Trinajstić information content (AvgIpc) is 2.75. The lowest BCUT2D eigenvalue weighted by molar-refractivity contribution is -0.142. The molecule has 0 aliphatic carbocycles. The third-order valence-corrected chi connectivity index (χ3v) is 3.06. The molecule has 4 nitrogen and oxygen atoms in total. The summed E-state index contributed by atoms with van der Waals surface area (Å²) in [6, 6.07) is 3.33. The molecule has 1 aromatic heterocycles. The van der Waals surface area contributed by atoms with Crippen molar-refractivity contribution in [2.45, 2.75) is 25.4 Å². The fourth-order valence-electron chi connectivity index (χ4n) is 1.93. The highest BCUT2D eigenvalue weighted by Crippen LogP contribution is 2.22. The van der Waals surface area contributed by atoms with Crippen LogP contribution in [0.5, 0.6) is 0 Å². The zero-order chi connectivity index (χ0) is 10.8. The van der Waals surface area contributed by atoms with Gasteiger partial charge in [-0.05, 0) is 47.4 Å². The van der Waals surface area contributed by atoms with Crippen molar-refractivity contribution >= 4 is 21.9 Å². The summed E-state index contributed by atoms with van der Waals surface area (Å²) in [7, 11) is 0. The Morgan fingerprint density at radius 3 is 3.07 bits per heavy atom. The van der Waals surface area contributed by atoms with Crippen LogP contribution in [0.15, 0.2) is 21.2 Å². The second-order valence-electron chi connectivity index (χ2n) is 3.67. The number of furan rings is 1. The van der Waals surface area contributed by atoms with Crippen molar-refractivity contribution in [2.75, 3.05) is 6.54 Å². The molecule has 1 aliphatic heterocycles. The van der Waals surface area contributed by atoms with Crippen molar-refractivity contribution in [2.24, 2.45) is 0 Å². The molecular weight excluding hydrogens is 262 g/mol. The van der Waals surface area contributed by atoms with Crippen molar-refractivity contribution in [1.82, 2.24) is 4.90 Å². The molecule has 5 heteroatoms. The Morgan fingerprint density at radius 1 is 1.67 bits per heavy atom. The molecule has 1 aromatic rings. The number of hydrogen-bond acceptors (Lipinski definition) is 3. The van der Waals surface area contributed by atoms with Gasteiger partial charge in [-0.2, -0.15) is 0 Å². The standard InChI is InChI=1S/C10H12BrNO3/c11-9-4-3-7(15-9)6-12-5-1-2-8(12)10(13)14/h3-4,8H,1-2,5-6H2,(H,13,14). The molecule has 1 fully saturated rings. The van der Waals surface area contributed by atoms with Crippen molar-refractivity contribution in [3.63, 3.8) is 0 Å². The predicted molar refractivity (Wildman–Crippen MR) is 57.5 cm³/mol. The van der Waals surface area contributed by atoms with Crippen LogP contribution in [-0.2, 0) is 11.3 Å². The Bertz CT molecular complexity index is 363. The first-order chi connectivity index (χ1) is 7.16. The molecule has 0 saturated carbocycles. The summed E-state index contributed by atoms with van der Waals surface area (Å²) >= 11 is 3.22. The molecule has 0 amide bonds. The number of halogens is 1. The van der Waals surface area contributed by atoms with Crippen LogP contribution in [0.1, 0.15) is 18.6 Å². The van der Waals surface area contributed by atoms with E-state index in [1.54, 1.807) is 0 Å². The topological polar surface area (TPSA) is 53.7 Å². The zero-order valence-corrected chi connectivity index (χ0v) is 9.74. The van der Waals surface area contributed by atoms with E-state index in [9.17, 15) is 4.79 Å². The van der Waals surface area contributed by atoms with Gasteiger partial charge in [0.1, 0.15) is 11.8 Å². The Hall–Kier alpha value is -0.810. The number of hydrogen-bond donors (Lipinski definition) is 1. The second kappa shape index (κ2) is 4.37. The highest BCUT2D eigenvalue weighted by molar-refractivity contribution is 9.10. The molecule has 0 bridgehead atoms. The molecule has 1 saturated heterocycles. The van der Waals surface area contributed by atoms with Crippen LogP contribution in [0.4, 0.5) is 0 Å². The third kappa shape index (κ3) is 2.41. The second-order valence-corrected chi connectivity index (χ2v) is 4.45. The van der Waals surface area contributed by atoms with E-state index in [2.05, 4.69) is 15.9 Å². The molecule has 1 N–H and O–H groups in total. The minimum absolute atomic E-state index is 0.353. The van der Waals surface area contributed by atoms with E-state index in [0.717, 1.165) is 25.1 Å². The summed E-state index contributed by atoms with van der Waals surface area (Å²) < 4.78 is 6.04. The first-order valence-corrected chi connectivity index (χ1v) is 5.67. The average molecular weight is 274 g/mol. The Labute approximate surface area is 96.0 Å². The molecule has 2 heterocycles. The molecular formula is C10H12BrNO3. The van der Waals surface area contributed by atoms with Gasteiger partial charge in [0.15, 0.2) is 4.67 Å². The van der Waals surface area contributed by atoms with E-state index in [0.29, 0.717) is 11.2 Å². The van der Waals surface area contributed by atoms with Crippen LogP contribution in [-0.4, -0.2) is 28.6 Å². The summed E-state index contributed by atoms with van der Waals surface area (Å²) in [6.45, 7) is 1.40. The molecule has 0 aromatic carbocycles. The number of carboxylic acid groups (broad SMARTS) is 1. The van der Waals surface area contributed by atoms with Crippen LogP contribution < -0.4 is 0 Å². The first-order valence-electron chi connectivity index (χ1n) is 4.88. The van der Waals surface area contributed by atoms with Crippen molar-refractivity contribution in [3.05, 3.63) is 22.6 Å². The van der Waals surface area contributed by atoms with Gasteiger partial charge >= 0.3 is 5.97 Å². The van der Waals surface area contributed by atoms with Crippen molar-refractivity contribution in [1.29, 1.82) is 0 Å². The molecule has 1 aliphatic rings. The summed E-state index contributed by atoms with van der Waals surface area (Å²) in [6.07, 6.45) is 1.68. The van der Waals surface area contributed by atoms with Crippen molar-refractivity contribution < 1.29 is 14.3 Å². The minimum atomic E-state index is -0.738. The maximum atomic E-state index is 10.9. The largest absolute Gasteiger partial charge is 0.480 e. The van der Waals surface area contributed by atoms with Gasteiger partial charge in [0.05, 0.1) is 6.54 Å². The molecule has 82 valence electrons. The Balaban J connectivity index is 2.02. The van der Waals surface area contributed by atoms with Crippen LogP contribution in [0.25, 0.3) is 0 Å². The maximum Gasteiger partial charge on any atom is 0.320 e. The minimum Gasteiger partial charge on any atom is -0.480 e. The summed E-state index contributed by atoms with van der Waals surface area (Å²) in [5.41, 5.74) is 0. The lowest BCUT2D eigenvalue weighted by Crippen LogP contribution is -2.35. The summed E-state index contributed by atoms with van der Waals surface area (Å²) in [5, 5.41) is 8.99. The maximum absolute atomic E-state index is 10.9. The van der Waals surface area contributed by atoms with E-state index in [1.807, 2.05) is 17.0 Å². The van der Waals surface area contributed by atoms with E-state index < -0.39 is 5.97 Å². The van der Waals surface area contributed by atoms with Crippen LogP contribution in [0.2, 0.25) is 0 Å². The fraction of sp³-hybridized carbons (Fsp3) is 0.500. The normalized spacial score (nSPS) is 22.1. The summed E-state index contributed by atoms with van der Waals surface area (Å²) in [4.78, 5) is 12.9. The van der Waals surface area contributed by atoms with Gasteiger partial charge in [-0.25, -0.2) is 0 Å². The number of likely N-dealkylation sites (tertiary alicyclic amines) is 1. The highest BCUT2D eigenvalue weighted by atomic mass is 79.9. The first kappa shape index (κ1) is 10.7. The molecule has 2 rings (SSSR count). The van der Waals surface area contributed by atoms with Crippen LogP contribution in [0, 0.1) is 0 Å². The van der Waals surface area contributed by atoms with Crippen molar-refractivity contribution in [3.8, 4) is 0 Å². The molecule has 1 unspecified atom stereocenters. The Kier molecular flexibility index (Phi) is 3.11. The Morgan fingerprint density at radius 2 is 2.47 bits per heavy atom. The number of aliphatic carboxylic acids is 1. The van der Waals surface area contributed by atoms with Gasteiger partial charge in [-0.3, -0.25) is 9.69 Å². The van der Waals surface area contributed by atoms with E-state index in [-0.39, 0.29) is 6.04 Å². The van der Waals surface area contributed by atoms with Gasteiger partial charge in [-0.1, -0.05) is 0 Å². The summed E-state index contributed by atoms with van der Waals surface area (Å²) in [5.74, 6) is 0.0631. The monoisotopic (exact) mass is 273 g/mol. The smallest absolute Gasteiger partial charge is 0.320 e. The quantitative estimate of drug-likeness (QED) is 0.917. The number of nitrogens with zero attached hydrogens (tertiary/aromatic N) is 1. The third-order valence-electron chi connectivity index (χ3n) is 2.64. The van der Waals surface area contributed by atoms with Gasteiger partial charge in [0.2, 0.25) is 0 Å². The number of carboxylic acids is 1. The SMILES string of the molecule is O=C(O)C1CCCN1Cc1ccc(Br)o1. The molecule has 15 heavy (non-hydrogen) atoms. The lowest BCUT2D eigenvalue weighted by atomic mass is 10.2. The molecule has 0 spiro atoms. The zero-order valence-electron chi connectivity index (χ0n) is 8.15. The van der Waals surface area contributed by atoms with Crippen LogP contribution >= 0.6 is 15.9 Å².